The maximum absolute atomic E-state index is 5.85. The predicted octanol–water partition coefficient (Wildman–Crippen LogP) is 2.55. The Morgan fingerprint density at radius 3 is 3.00 bits per heavy atom. The van der Waals surface area contributed by atoms with Gasteiger partial charge in [0.25, 0.3) is 0 Å². The lowest BCUT2D eigenvalue weighted by molar-refractivity contribution is 0.587. The van der Waals surface area contributed by atoms with E-state index in [0.29, 0.717) is 10.8 Å². The molecular weight excluding hydrogens is 258 g/mol. The highest BCUT2D eigenvalue weighted by atomic mass is 35.5. The van der Waals surface area contributed by atoms with Gasteiger partial charge in [0.15, 0.2) is 5.65 Å². The minimum absolute atomic E-state index is 0.0766. The van der Waals surface area contributed by atoms with Gasteiger partial charge >= 0.3 is 0 Å². The molecule has 0 aromatic carbocycles. The van der Waals surface area contributed by atoms with Crippen LogP contribution in [-0.2, 0) is 0 Å². The van der Waals surface area contributed by atoms with Crippen LogP contribution >= 0.6 is 22.9 Å². The third kappa shape index (κ3) is 1.79. The van der Waals surface area contributed by atoms with Gasteiger partial charge in [0.05, 0.1) is 23.9 Å². The first-order chi connectivity index (χ1) is 8.25. The van der Waals surface area contributed by atoms with Crippen LogP contribution in [0.1, 0.15) is 17.8 Å². The highest BCUT2D eigenvalue weighted by Crippen LogP contribution is 2.24. The van der Waals surface area contributed by atoms with E-state index < -0.39 is 0 Å². The first-order valence-corrected chi connectivity index (χ1v) is 6.25. The molecule has 5 nitrogen and oxygen atoms in total. The Kier molecular flexibility index (Phi) is 2.53. The van der Waals surface area contributed by atoms with Crippen LogP contribution in [0.15, 0.2) is 24.1 Å². The summed E-state index contributed by atoms with van der Waals surface area (Å²) in [5, 5.41) is 4.68. The summed E-state index contributed by atoms with van der Waals surface area (Å²) in [6.45, 7) is 2.04. The van der Waals surface area contributed by atoms with Crippen molar-refractivity contribution < 1.29 is 0 Å². The average Bonchev–Trinajstić information content (AvgIpc) is 2.97. The Labute approximate surface area is 106 Å². The molecule has 1 unspecified atom stereocenters. The highest BCUT2D eigenvalue weighted by Gasteiger charge is 2.15. The summed E-state index contributed by atoms with van der Waals surface area (Å²) in [5.74, 6) is 0. The van der Waals surface area contributed by atoms with Gasteiger partial charge in [-0.15, -0.1) is 11.3 Å². The van der Waals surface area contributed by atoms with Crippen molar-refractivity contribution in [2.45, 2.75) is 13.0 Å². The van der Waals surface area contributed by atoms with E-state index in [-0.39, 0.29) is 6.04 Å². The van der Waals surface area contributed by atoms with Gasteiger partial charge in [-0.3, -0.25) is 4.98 Å². The summed E-state index contributed by atoms with van der Waals surface area (Å²) in [6.07, 6.45) is 5.05. The molecule has 0 bridgehead atoms. The van der Waals surface area contributed by atoms with Crippen LogP contribution in [0.3, 0.4) is 0 Å². The SMILES string of the molecule is CC(c1cncs1)n1ncc2ncc(Cl)nc21. The molecular formula is C10H8ClN5S. The molecule has 17 heavy (non-hydrogen) atoms. The van der Waals surface area contributed by atoms with Gasteiger partial charge in [0.2, 0.25) is 0 Å². The maximum Gasteiger partial charge on any atom is 0.178 e. The Morgan fingerprint density at radius 1 is 1.35 bits per heavy atom. The molecule has 3 heterocycles. The number of rotatable bonds is 2. The van der Waals surface area contributed by atoms with Crippen LogP contribution in [0.2, 0.25) is 5.15 Å². The molecule has 3 aromatic heterocycles. The Balaban J connectivity index is 2.14. The Hall–Kier alpha value is -1.53. The van der Waals surface area contributed by atoms with Gasteiger partial charge in [0.1, 0.15) is 10.7 Å². The molecule has 0 N–H and O–H groups in total. The number of hydrogen-bond donors (Lipinski definition) is 0. The lowest BCUT2D eigenvalue weighted by atomic mass is 10.3. The predicted molar refractivity (Wildman–Crippen MR) is 66.3 cm³/mol. The lowest BCUT2D eigenvalue weighted by Gasteiger charge is -2.09. The second kappa shape index (κ2) is 4.05. The zero-order chi connectivity index (χ0) is 11.8. The van der Waals surface area contributed by atoms with Crippen molar-refractivity contribution in [1.29, 1.82) is 0 Å². The van der Waals surface area contributed by atoms with E-state index in [1.807, 2.05) is 17.8 Å². The van der Waals surface area contributed by atoms with Gasteiger partial charge in [-0.1, -0.05) is 11.6 Å². The van der Waals surface area contributed by atoms with Crippen molar-refractivity contribution >= 4 is 34.1 Å². The molecule has 0 aliphatic heterocycles. The summed E-state index contributed by atoms with van der Waals surface area (Å²) < 4.78 is 1.81. The van der Waals surface area contributed by atoms with Gasteiger partial charge in [0, 0.05) is 11.1 Å². The molecule has 7 heteroatoms. The van der Waals surface area contributed by atoms with Crippen LogP contribution in [-0.4, -0.2) is 24.7 Å². The normalized spacial score (nSPS) is 13.1. The van der Waals surface area contributed by atoms with E-state index in [0.717, 1.165) is 10.4 Å². The molecule has 0 radical (unpaired) electrons. The first-order valence-electron chi connectivity index (χ1n) is 5.00. The summed E-state index contributed by atoms with van der Waals surface area (Å²) >= 11 is 7.44. The van der Waals surface area contributed by atoms with Crippen LogP contribution < -0.4 is 0 Å². The van der Waals surface area contributed by atoms with Crippen molar-refractivity contribution in [2.75, 3.05) is 0 Å². The summed E-state index contributed by atoms with van der Waals surface area (Å²) in [4.78, 5) is 13.6. The number of halogens is 1. The standard InChI is InChI=1S/C10H8ClN5S/c1-6(8-3-12-5-17-8)16-10-7(2-14-16)13-4-9(11)15-10/h2-6H,1H3. The number of hydrogen-bond acceptors (Lipinski definition) is 5. The molecule has 0 aliphatic rings. The smallest absolute Gasteiger partial charge is 0.178 e. The van der Waals surface area contributed by atoms with Crippen LogP contribution in [0.4, 0.5) is 0 Å². The third-order valence-electron chi connectivity index (χ3n) is 2.50. The van der Waals surface area contributed by atoms with Crippen molar-refractivity contribution in [2.24, 2.45) is 0 Å². The van der Waals surface area contributed by atoms with E-state index in [1.165, 1.54) is 6.20 Å². The van der Waals surface area contributed by atoms with E-state index in [4.69, 9.17) is 11.6 Å². The Bertz CT molecular complexity index is 648. The fourth-order valence-electron chi connectivity index (χ4n) is 1.63. The monoisotopic (exact) mass is 265 g/mol. The molecule has 0 saturated carbocycles. The van der Waals surface area contributed by atoms with Crippen LogP contribution in [0, 0.1) is 0 Å². The van der Waals surface area contributed by atoms with Crippen molar-refractivity contribution in [3.05, 3.63) is 34.1 Å². The van der Waals surface area contributed by atoms with Gasteiger partial charge < -0.3 is 0 Å². The highest BCUT2D eigenvalue weighted by molar-refractivity contribution is 7.09. The Morgan fingerprint density at radius 2 is 2.24 bits per heavy atom. The minimum atomic E-state index is 0.0766. The van der Waals surface area contributed by atoms with Crippen molar-refractivity contribution in [3.8, 4) is 0 Å². The summed E-state index contributed by atoms with van der Waals surface area (Å²) in [6, 6.07) is 0.0766. The minimum Gasteiger partial charge on any atom is -0.253 e. The lowest BCUT2D eigenvalue weighted by Crippen LogP contribution is -2.07. The fraction of sp³-hybridized carbons (Fsp3) is 0.200. The molecule has 0 saturated heterocycles. The zero-order valence-corrected chi connectivity index (χ0v) is 10.5. The van der Waals surface area contributed by atoms with Crippen LogP contribution in [0.25, 0.3) is 11.2 Å². The quantitative estimate of drug-likeness (QED) is 0.715. The molecule has 0 aliphatic carbocycles. The second-order valence-electron chi connectivity index (χ2n) is 3.57. The molecule has 3 rings (SSSR count). The zero-order valence-electron chi connectivity index (χ0n) is 8.91. The maximum atomic E-state index is 5.85. The second-order valence-corrected chi connectivity index (χ2v) is 4.88. The average molecular weight is 266 g/mol. The van der Waals surface area contributed by atoms with Crippen molar-refractivity contribution in [3.63, 3.8) is 0 Å². The molecule has 3 aromatic rings. The van der Waals surface area contributed by atoms with Gasteiger partial charge in [-0.05, 0) is 6.92 Å². The number of fused-ring (bicyclic) bond motifs is 1. The van der Waals surface area contributed by atoms with E-state index >= 15 is 0 Å². The molecule has 0 amide bonds. The fourth-order valence-corrected chi connectivity index (χ4v) is 2.43. The van der Waals surface area contributed by atoms with E-state index in [2.05, 4.69) is 20.1 Å². The number of nitrogens with zero attached hydrogens (tertiary/aromatic N) is 5. The van der Waals surface area contributed by atoms with Gasteiger partial charge in [-0.25, -0.2) is 14.6 Å². The van der Waals surface area contributed by atoms with E-state index in [1.54, 1.807) is 23.0 Å². The topological polar surface area (TPSA) is 56.5 Å². The summed E-state index contributed by atoms with van der Waals surface area (Å²) in [5.41, 5.74) is 3.24. The van der Waals surface area contributed by atoms with E-state index in [9.17, 15) is 0 Å². The van der Waals surface area contributed by atoms with Gasteiger partial charge in [-0.2, -0.15) is 5.10 Å². The number of aromatic nitrogens is 5. The molecule has 1 atom stereocenters. The third-order valence-corrected chi connectivity index (χ3v) is 3.63. The molecule has 0 spiro atoms. The largest absolute Gasteiger partial charge is 0.253 e. The molecule has 0 fully saturated rings. The first kappa shape index (κ1) is 10.6. The van der Waals surface area contributed by atoms with Crippen molar-refractivity contribution in [1.82, 2.24) is 24.7 Å². The molecule has 86 valence electrons. The van der Waals surface area contributed by atoms with Crippen LogP contribution in [0.5, 0.6) is 0 Å². The summed E-state index contributed by atoms with van der Waals surface area (Å²) in [7, 11) is 0. The number of thiazole rings is 1.